The van der Waals surface area contributed by atoms with E-state index in [0.717, 1.165) is 109 Å². The summed E-state index contributed by atoms with van der Waals surface area (Å²) in [5.41, 5.74) is 0. The van der Waals surface area contributed by atoms with E-state index in [1.165, 1.54) is 205 Å². The quantitative estimate of drug-likeness (QED) is 0.0222. The lowest BCUT2D eigenvalue weighted by molar-refractivity contribution is -0.161. The number of unbranched alkanes of at least 4 members (excludes halogenated alkanes) is 47. The smallest absolute Gasteiger partial charge is 0.462 e. The minimum absolute atomic E-state index is 0.105. The lowest BCUT2D eigenvalue weighted by Crippen LogP contribution is -2.30. The van der Waals surface area contributed by atoms with E-state index >= 15 is 0 Å². The summed E-state index contributed by atoms with van der Waals surface area (Å²) >= 11 is 0. The Kier molecular flexibility index (Phi) is 66.8. The Labute approximate surface area is 575 Å². The fourth-order valence-corrected chi connectivity index (χ4v) is 13.1. The number of phosphoric acid groups is 2. The van der Waals surface area contributed by atoms with E-state index in [9.17, 15) is 43.2 Å². The molecule has 17 nitrogen and oxygen atoms in total. The highest BCUT2D eigenvalue weighted by Gasteiger charge is 2.30. The van der Waals surface area contributed by atoms with Gasteiger partial charge < -0.3 is 33.8 Å². The second-order valence-electron chi connectivity index (χ2n) is 27.5. The number of hydrogen-bond acceptors (Lipinski definition) is 15. The maximum atomic E-state index is 13.1. The molecule has 3 N–H and O–H groups in total. The lowest BCUT2D eigenvalue weighted by atomic mass is 10.0. The van der Waals surface area contributed by atoms with E-state index in [4.69, 9.17) is 37.0 Å². The summed E-state index contributed by atoms with van der Waals surface area (Å²) in [6.45, 7) is 7.22. The molecule has 0 aliphatic rings. The standard InChI is InChI=1S/C75H146O17P2/c1-6-9-12-15-18-20-22-24-26-28-29-30-32-34-36-40-45-50-55-60-74(79)92-71(65-86-73(78)59-54-49-44-39-35-33-31-27-25-23-21-19-16-13-10-7-2)67-90-94(83,84)88-63-69(76)62-87-93(81,82)89-66-70(64-85-72(77)58-53-48-42-17-14-11-8-3)91-75(80)61-56-51-46-41-37-38-43-47-52-57-68(4)5/h68-71,76H,6-67H2,1-5H3,(H,81,82)(H,83,84)/t69-,70+,71+/m0/s1. The number of aliphatic hydroxyl groups excluding tert-OH is 1. The van der Waals surface area contributed by atoms with Gasteiger partial charge in [0.05, 0.1) is 26.4 Å². The van der Waals surface area contributed by atoms with Crippen molar-refractivity contribution in [3.63, 3.8) is 0 Å². The second kappa shape index (κ2) is 68.2. The van der Waals surface area contributed by atoms with Gasteiger partial charge in [-0.3, -0.25) is 37.3 Å². The Morgan fingerprint density at radius 3 is 0.723 bits per heavy atom. The van der Waals surface area contributed by atoms with E-state index in [0.29, 0.717) is 25.7 Å². The zero-order chi connectivity index (χ0) is 69.1. The van der Waals surface area contributed by atoms with Crippen LogP contribution in [0.5, 0.6) is 0 Å². The zero-order valence-corrected chi connectivity index (χ0v) is 62.9. The SMILES string of the molecule is CCCCCCCCCCCCCCCCCCCCCC(=O)O[C@H](COC(=O)CCCCCCCCCCCCCCCCCC)COP(=O)(O)OC[C@@H](O)COP(=O)(O)OC[C@@H](COC(=O)CCCCCCCCC)OC(=O)CCCCCCCCCCCC(C)C. The van der Waals surface area contributed by atoms with Crippen molar-refractivity contribution in [3.05, 3.63) is 0 Å². The van der Waals surface area contributed by atoms with Crippen molar-refractivity contribution in [2.24, 2.45) is 5.92 Å². The predicted molar refractivity (Wildman–Crippen MR) is 382 cm³/mol. The van der Waals surface area contributed by atoms with Gasteiger partial charge in [-0.05, 0) is 31.6 Å². The van der Waals surface area contributed by atoms with Crippen LogP contribution in [0.1, 0.15) is 394 Å². The van der Waals surface area contributed by atoms with Gasteiger partial charge >= 0.3 is 39.5 Å². The van der Waals surface area contributed by atoms with Crippen molar-refractivity contribution in [1.82, 2.24) is 0 Å². The number of phosphoric ester groups is 2. The van der Waals surface area contributed by atoms with Crippen LogP contribution >= 0.6 is 15.6 Å². The second-order valence-corrected chi connectivity index (χ2v) is 30.4. The predicted octanol–water partition coefficient (Wildman–Crippen LogP) is 22.1. The Hall–Kier alpha value is -1.94. The number of esters is 4. The molecule has 0 aliphatic carbocycles. The first-order valence-corrected chi connectivity index (χ1v) is 42.1. The van der Waals surface area contributed by atoms with E-state index in [1.54, 1.807) is 0 Å². The molecular formula is C75H146O17P2. The average Bonchev–Trinajstić information content (AvgIpc) is 3.23. The molecule has 5 atom stereocenters. The van der Waals surface area contributed by atoms with E-state index in [-0.39, 0.29) is 25.7 Å². The normalized spacial score (nSPS) is 14.0. The van der Waals surface area contributed by atoms with Gasteiger partial charge in [-0.2, -0.15) is 0 Å². The van der Waals surface area contributed by atoms with Crippen LogP contribution in [0.25, 0.3) is 0 Å². The summed E-state index contributed by atoms with van der Waals surface area (Å²) in [7, 11) is -9.90. The third-order valence-corrected chi connectivity index (χ3v) is 19.4. The average molecular weight is 1380 g/mol. The van der Waals surface area contributed by atoms with Crippen molar-refractivity contribution < 1.29 is 80.2 Å². The first kappa shape index (κ1) is 92.1. The van der Waals surface area contributed by atoms with Crippen LogP contribution in [0, 0.1) is 5.92 Å². The number of hydrogen-bond donors (Lipinski definition) is 3. The van der Waals surface area contributed by atoms with E-state index in [2.05, 4.69) is 34.6 Å². The summed E-state index contributed by atoms with van der Waals surface area (Å²) in [6.07, 6.45) is 57.1. The molecule has 0 rings (SSSR count). The van der Waals surface area contributed by atoms with Gasteiger partial charge in [0, 0.05) is 25.7 Å². The van der Waals surface area contributed by atoms with Crippen LogP contribution in [-0.4, -0.2) is 96.7 Å². The topological polar surface area (TPSA) is 237 Å². The molecule has 0 aromatic heterocycles. The zero-order valence-electron chi connectivity index (χ0n) is 61.1. The van der Waals surface area contributed by atoms with Crippen molar-refractivity contribution in [1.29, 1.82) is 0 Å². The molecule has 0 fully saturated rings. The van der Waals surface area contributed by atoms with Crippen LogP contribution in [0.15, 0.2) is 0 Å². The van der Waals surface area contributed by atoms with Gasteiger partial charge in [0.15, 0.2) is 12.2 Å². The van der Waals surface area contributed by atoms with Crippen molar-refractivity contribution >= 4 is 39.5 Å². The highest BCUT2D eigenvalue weighted by atomic mass is 31.2. The van der Waals surface area contributed by atoms with Crippen LogP contribution in [0.3, 0.4) is 0 Å². The maximum Gasteiger partial charge on any atom is 0.472 e. The molecule has 94 heavy (non-hydrogen) atoms. The monoisotopic (exact) mass is 1380 g/mol. The van der Waals surface area contributed by atoms with E-state index < -0.39 is 97.5 Å². The van der Waals surface area contributed by atoms with Crippen molar-refractivity contribution in [2.75, 3.05) is 39.6 Å². The molecule has 0 bridgehead atoms. The Morgan fingerprint density at radius 2 is 0.489 bits per heavy atom. The molecule has 558 valence electrons. The first-order valence-electron chi connectivity index (χ1n) is 39.1. The molecule has 0 radical (unpaired) electrons. The van der Waals surface area contributed by atoms with Gasteiger partial charge in [0.25, 0.3) is 0 Å². The Bertz CT molecular complexity index is 1810. The van der Waals surface area contributed by atoms with Gasteiger partial charge in [0.2, 0.25) is 0 Å². The van der Waals surface area contributed by atoms with Crippen LogP contribution in [0.2, 0.25) is 0 Å². The molecule has 0 amide bonds. The summed E-state index contributed by atoms with van der Waals surface area (Å²) in [5, 5.41) is 10.6. The van der Waals surface area contributed by atoms with Gasteiger partial charge in [-0.1, -0.05) is 343 Å². The molecule has 0 spiro atoms. The third kappa shape index (κ3) is 68.6. The lowest BCUT2D eigenvalue weighted by Gasteiger charge is -2.21. The minimum atomic E-state index is -4.96. The third-order valence-electron chi connectivity index (χ3n) is 17.5. The molecule has 0 saturated carbocycles. The summed E-state index contributed by atoms with van der Waals surface area (Å²) in [5.74, 6) is -1.38. The Balaban J connectivity index is 5.18. The summed E-state index contributed by atoms with van der Waals surface area (Å²) in [6, 6.07) is 0. The molecule has 0 heterocycles. The van der Waals surface area contributed by atoms with Gasteiger partial charge in [-0.15, -0.1) is 0 Å². The van der Waals surface area contributed by atoms with E-state index in [1.807, 2.05) is 0 Å². The van der Waals surface area contributed by atoms with Crippen LogP contribution in [0.4, 0.5) is 0 Å². The molecule has 2 unspecified atom stereocenters. The van der Waals surface area contributed by atoms with Crippen molar-refractivity contribution in [3.8, 4) is 0 Å². The highest BCUT2D eigenvalue weighted by molar-refractivity contribution is 7.47. The summed E-state index contributed by atoms with van der Waals surface area (Å²) < 4.78 is 68.4. The van der Waals surface area contributed by atoms with Crippen LogP contribution in [-0.2, 0) is 65.4 Å². The number of carbonyl (C=O) groups excluding carboxylic acids is 4. The molecule has 19 heteroatoms. The highest BCUT2D eigenvalue weighted by Crippen LogP contribution is 2.45. The number of ether oxygens (including phenoxy) is 4. The number of carbonyl (C=O) groups is 4. The maximum absolute atomic E-state index is 13.1. The number of rotatable bonds is 75. The van der Waals surface area contributed by atoms with Gasteiger partial charge in [0.1, 0.15) is 19.3 Å². The van der Waals surface area contributed by atoms with Crippen molar-refractivity contribution in [2.45, 2.75) is 412 Å². The minimum Gasteiger partial charge on any atom is -0.462 e. The molecule has 0 aromatic rings. The fourth-order valence-electron chi connectivity index (χ4n) is 11.5. The Morgan fingerprint density at radius 1 is 0.287 bits per heavy atom. The van der Waals surface area contributed by atoms with Gasteiger partial charge in [-0.25, -0.2) is 9.13 Å². The fraction of sp³-hybridized carbons (Fsp3) is 0.947. The number of aliphatic hydroxyl groups is 1. The molecular weight excluding hydrogens is 1230 g/mol. The summed E-state index contributed by atoms with van der Waals surface area (Å²) in [4.78, 5) is 72.6. The first-order chi connectivity index (χ1) is 45.5. The molecule has 0 aromatic carbocycles. The molecule has 0 saturated heterocycles. The van der Waals surface area contributed by atoms with Crippen LogP contribution < -0.4 is 0 Å². The largest absolute Gasteiger partial charge is 0.472 e. The molecule has 0 aliphatic heterocycles.